The lowest BCUT2D eigenvalue weighted by atomic mass is 10.3. The summed E-state index contributed by atoms with van der Waals surface area (Å²) >= 11 is 12.2. The summed E-state index contributed by atoms with van der Waals surface area (Å²) in [5, 5.41) is 0. The molecule has 0 amide bonds. The lowest BCUT2D eigenvalue weighted by molar-refractivity contribution is 0.588. The summed E-state index contributed by atoms with van der Waals surface area (Å²) in [7, 11) is -3.37. The van der Waals surface area contributed by atoms with Crippen LogP contribution in [-0.4, -0.2) is 20.1 Å². The Morgan fingerprint density at radius 1 is 1.41 bits per heavy atom. The molecule has 0 aliphatic carbocycles. The number of nitrogens with one attached hydrogen (secondary N) is 1. The van der Waals surface area contributed by atoms with Crippen molar-refractivity contribution < 1.29 is 8.42 Å². The molecule has 7 heteroatoms. The molecule has 0 saturated heterocycles. The van der Waals surface area contributed by atoms with E-state index in [1.165, 1.54) is 0 Å². The second kappa shape index (κ2) is 6.41. The Balaban J connectivity index is 2.86. The summed E-state index contributed by atoms with van der Waals surface area (Å²) in [6, 6.07) is 5.29. The fraction of sp³-hybridized carbons (Fsp3) is 0.400. The predicted molar refractivity (Wildman–Crippen MR) is 79.1 cm³/mol. The maximum Gasteiger partial charge on any atom is 0.233 e. The minimum Gasteiger partial charge on any atom is -0.282 e. The van der Waals surface area contributed by atoms with Gasteiger partial charge in [-0.3, -0.25) is 4.72 Å². The average Bonchev–Trinajstić information content (AvgIpc) is 2.22. The molecule has 17 heavy (non-hydrogen) atoms. The van der Waals surface area contributed by atoms with Gasteiger partial charge >= 0.3 is 0 Å². The minimum absolute atomic E-state index is 0.00938. The van der Waals surface area contributed by atoms with Crippen LogP contribution in [-0.2, 0) is 10.0 Å². The SMILES string of the molecule is CC(CCl)CS(=O)(=O)Nc1cc(Br)ccc1Br. The van der Waals surface area contributed by atoms with Crippen molar-refractivity contribution >= 4 is 59.2 Å². The molecule has 96 valence electrons. The van der Waals surface area contributed by atoms with E-state index in [0.717, 1.165) is 4.47 Å². The Morgan fingerprint density at radius 2 is 2.06 bits per heavy atom. The molecule has 0 bridgehead atoms. The van der Waals surface area contributed by atoms with Gasteiger partial charge in [-0.1, -0.05) is 22.9 Å². The first-order valence-electron chi connectivity index (χ1n) is 4.85. The first kappa shape index (κ1) is 15.3. The number of anilines is 1. The van der Waals surface area contributed by atoms with Crippen LogP contribution in [0.2, 0.25) is 0 Å². The number of hydrogen-bond donors (Lipinski definition) is 1. The van der Waals surface area contributed by atoms with Crippen molar-refractivity contribution in [2.75, 3.05) is 16.4 Å². The van der Waals surface area contributed by atoms with Crippen LogP contribution < -0.4 is 4.72 Å². The first-order chi connectivity index (χ1) is 7.84. The van der Waals surface area contributed by atoms with Crippen molar-refractivity contribution in [3.05, 3.63) is 27.1 Å². The van der Waals surface area contributed by atoms with Crippen LogP contribution >= 0.6 is 43.5 Å². The van der Waals surface area contributed by atoms with Crippen molar-refractivity contribution in [2.24, 2.45) is 5.92 Å². The largest absolute Gasteiger partial charge is 0.282 e. The molecule has 0 fully saturated rings. The molecule has 1 aromatic carbocycles. The molecule has 0 aromatic heterocycles. The Labute approximate surface area is 123 Å². The van der Waals surface area contributed by atoms with Gasteiger partial charge in [0.15, 0.2) is 0 Å². The highest BCUT2D eigenvalue weighted by atomic mass is 79.9. The van der Waals surface area contributed by atoms with Crippen molar-refractivity contribution in [3.63, 3.8) is 0 Å². The van der Waals surface area contributed by atoms with Gasteiger partial charge in [0, 0.05) is 14.8 Å². The average molecular weight is 406 g/mol. The molecular weight excluding hydrogens is 393 g/mol. The van der Waals surface area contributed by atoms with Gasteiger partial charge in [0.05, 0.1) is 11.4 Å². The van der Waals surface area contributed by atoms with Gasteiger partial charge in [-0.25, -0.2) is 8.42 Å². The molecule has 1 atom stereocenters. The van der Waals surface area contributed by atoms with Crippen molar-refractivity contribution in [1.82, 2.24) is 0 Å². The summed E-state index contributed by atoms with van der Waals surface area (Å²) in [5.41, 5.74) is 0.515. The van der Waals surface area contributed by atoms with Gasteiger partial charge in [-0.2, -0.15) is 0 Å². The topological polar surface area (TPSA) is 46.2 Å². The number of alkyl halides is 1. The number of sulfonamides is 1. The van der Waals surface area contributed by atoms with E-state index in [0.29, 0.717) is 16.0 Å². The third kappa shape index (κ3) is 5.16. The van der Waals surface area contributed by atoms with Crippen molar-refractivity contribution in [3.8, 4) is 0 Å². The molecule has 0 aliphatic heterocycles. The molecule has 1 unspecified atom stereocenters. The van der Waals surface area contributed by atoms with Gasteiger partial charge in [0.25, 0.3) is 0 Å². The maximum atomic E-state index is 11.8. The Morgan fingerprint density at radius 3 is 2.65 bits per heavy atom. The number of hydrogen-bond acceptors (Lipinski definition) is 2. The second-order valence-corrected chi connectivity index (χ2v) is 7.61. The van der Waals surface area contributed by atoms with Crippen LogP contribution in [0.5, 0.6) is 0 Å². The van der Waals surface area contributed by atoms with Crippen LogP contribution in [0.3, 0.4) is 0 Å². The van der Waals surface area contributed by atoms with E-state index in [1.807, 2.05) is 6.07 Å². The molecule has 1 N–H and O–H groups in total. The van der Waals surface area contributed by atoms with E-state index in [9.17, 15) is 8.42 Å². The summed E-state index contributed by atoms with van der Waals surface area (Å²) in [6.07, 6.45) is 0. The summed E-state index contributed by atoms with van der Waals surface area (Å²) < 4.78 is 27.7. The minimum atomic E-state index is -3.37. The summed E-state index contributed by atoms with van der Waals surface area (Å²) in [4.78, 5) is 0. The smallest absolute Gasteiger partial charge is 0.233 e. The quantitative estimate of drug-likeness (QED) is 0.757. The van der Waals surface area contributed by atoms with Crippen LogP contribution in [0, 0.1) is 5.92 Å². The Kier molecular flexibility index (Phi) is 5.76. The molecular formula is C10H12Br2ClNO2S. The van der Waals surface area contributed by atoms with Gasteiger partial charge in [0.1, 0.15) is 0 Å². The van der Waals surface area contributed by atoms with E-state index in [1.54, 1.807) is 19.1 Å². The van der Waals surface area contributed by atoms with E-state index >= 15 is 0 Å². The lowest BCUT2D eigenvalue weighted by Gasteiger charge is -2.12. The van der Waals surface area contributed by atoms with E-state index in [-0.39, 0.29) is 11.7 Å². The normalized spacial score (nSPS) is 13.4. The third-order valence-electron chi connectivity index (χ3n) is 1.96. The fourth-order valence-corrected chi connectivity index (χ4v) is 3.73. The zero-order valence-corrected chi connectivity index (χ0v) is 13.8. The number of benzene rings is 1. The highest BCUT2D eigenvalue weighted by molar-refractivity contribution is 9.11. The number of rotatable bonds is 5. The number of halogens is 3. The van der Waals surface area contributed by atoms with Gasteiger partial charge in [-0.15, -0.1) is 11.6 Å². The second-order valence-electron chi connectivity index (χ2n) is 3.77. The summed E-state index contributed by atoms with van der Waals surface area (Å²) in [5.74, 6) is 0.246. The van der Waals surface area contributed by atoms with E-state index in [2.05, 4.69) is 36.6 Å². The molecule has 0 saturated carbocycles. The van der Waals surface area contributed by atoms with E-state index in [4.69, 9.17) is 11.6 Å². The fourth-order valence-electron chi connectivity index (χ4n) is 1.20. The van der Waals surface area contributed by atoms with Crippen LogP contribution in [0.1, 0.15) is 6.92 Å². The zero-order valence-electron chi connectivity index (χ0n) is 9.08. The molecule has 3 nitrogen and oxygen atoms in total. The van der Waals surface area contributed by atoms with Crippen LogP contribution in [0.4, 0.5) is 5.69 Å². The molecule has 0 radical (unpaired) electrons. The van der Waals surface area contributed by atoms with Crippen LogP contribution in [0.25, 0.3) is 0 Å². The molecule has 0 aliphatic rings. The highest BCUT2D eigenvalue weighted by Gasteiger charge is 2.16. The monoisotopic (exact) mass is 403 g/mol. The standard InChI is InChI=1S/C10H12Br2ClNO2S/c1-7(5-13)6-17(15,16)14-10-4-8(11)2-3-9(10)12/h2-4,7,14H,5-6H2,1H3. The molecule has 0 heterocycles. The van der Waals surface area contributed by atoms with E-state index < -0.39 is 10.0 Å². The van der Waals surface area contributed by atoms with Crippen molar-refractivity contribution in [1.29, 1.82) is 0 Å². The Bertz CT molecular complexity index is 493. The first-order valence-corrected chi connectivity index (χ1v) is 8.63. The van der Waals surface area contributed by atoms with Gasteiger partial charge in [0.2, 0.25) is 10.0 Å². The molecule has 0 spiro atoms. The molecule has 1 rings (SSSR count). The zero-order chi connectivity index (χ0) is 13.1. The van der Waals surface area contributed by atoms with Crippen LogP contribution in [0.15, 0.2) is 27.1 Å². The highest BCUT2D eigenvalue weighted by Crippen LogP contribution is 2.27. The Hall–Kier alpha value is 0.220. The van der Waals surface area contributed by atoms with Gasteiger partial charge < -0.3 is 0 Å². The maximum absolute atomic E-state index is 11.8. The lowest BCUT2D eigenvalue weighted by Crippen LogP contribution is -2.22. The predicted octanol–water partition coefficient (Wildman–Crippen LogP) is 3.83. The molecule has 1 aromatic rings. The van der Waals surface area contributed by atoms with Crippen molar-refractivity contribution in [2.45, 2.75) is 6.92 Å². The third-order valence-corrected chi connectivity index (χ3v) is 5.21. The summed E-state index contributed by atoms with van der Waals surface area (Å²) in [6.45, 7) is 1.79. The van der Waals surface area contributed by atoms with Gasteiger partial charge in [-0.05, 0) is 40.0 Å².